The van der Waals surface area contributed by atoms with Crippen molar-refractivity contribution in [1.82, 2.24) is 10.3 Å². The molecule has 1 aromatic carbocycles. The molecule has 4 aliphatic rings. The molecule has 4 aliphatic carbocycles. The van der Waals surface area contributed by atoms with Crippen LogP contribution in [0.25, 0.3) is 10.9 Å². The summed E-state index contributed by atoms with van der Waals surface area (Å²) in [4.78, 5) is 33.9. The average molecular weight is 562 g/mol. The summed E-state index contributed by atoms with van der Waals surface area (Å²) >= 11 is 0. The summed E-state index contributed by atoms with van der Waals surface area (Å²) in [7, 11) is 1.32. The van der Waals surface area contributed by atoms with Gasteiger partial charge in [0.1, 0.15) is 6.04 Å². The van der Waals surface area contributed by atoms with Crippen molar-refractivity contribution < 1.29 is 24.3 Å². The number of rotatable bonds is 7. The van der Waals surface area contributed by atoms with Crippen LogP contribution in [0.3, 0.4) is 0 Å². The van der Waals surface area contributed by atoms with Gasteiger partial charge in [0.15, 0.2) is 6.61 Å². The van der Waals surface area contributed by atoms with Crippen LogP contribution in [0.15, 0.2) is 47.3 Å². The number of nitrogens with one attached hydrogen (secondary N) is 2. The van der Waals surface area contributed by atoms with Gasteiger partial charge in [0.25, 0.3) is 5.91 Å². The summed E-state index contributed by atoms with van der Waals surface area (Å²) < 4.78 is 4.95. The highest BCUT2D eigenvalue weighted by molar-refractivity contribution is 5.96. The van der Waals surface area contributed by atoms with Crippen LogP contribution < -0.4 is 5.32 Å². The van der Waals surface area contributed by atoms with E-state index in [2.05, 4.69) is 35.4 Å². The zero-order valence-electron chi connectivity index (χ0n) is 24.4. The molecular weight excluding hydrogens is 518 g/mol. The Morgan fingerprint density at radius 1 is 1.12 bits per heavy atom. The fourth-order valence-corrected chi connectivity index (χ4v) is 8.88. The number of ether oxygens (including phenoxy) is 1. The highest BCUT2D eigenvalue weighted by atomic mass is 16.6. The summed E-state index contributed by atoms with van der Waals surface area (Å²) in [5.41, 5.74) is 4.51. The van der Waals surface area contributed by atoms with Crippen molar-refractivity contribution in [3.8, 4) is 0 Å². The van der Waals surface area contributed by atoms with E-state index in [4.69, 9.17) is 9.57 Å². The summed E-state index contributed by atoms with van der Waals surface area (Å²) in [6.07, 6.45) is 12.8. The van der Waals surface area contributed by atoms with Gasteiger partial charge in [-0.3, -0.25) is 4.79 Å². The fourth-order valence-electron chi connectivity index (χ4n) is 8.88. The number of hydrogen-bond acceptors (Lipinski definition) is 6. The number of benzene rings is 1. The number of oxime groups is 1. The Hall–Kier alpha value is -3.13. The van der Waals surface area contributed by atoms with Crippen LogP contribution in [0.2, 0.25) is 0 Å². The molecule has 7 atom stereocenters. The predicted molar refractivity (Wildman–Crippen MR) is 157 cm³/mol. The monoisotopic (exact) mass is 561 g/mol. The second-order valence-corrected chi connectivity index (χ2v) is 13.2. The number of aliphatic hydroxyl groups is 1. The highest BCUT2D eigenvalue weighted by Gasteiger charge is 2.58. The normalized spacial score (nSPS) is 34.2. The van der Waals surface area contributed by atoms with E-state index in [-0.39, 0.29) is 23.5 Å². The van der Waals surface area contributed by atoms with E-state index in [0.717, 1.165) is 60.7 Å². The maximum absolute atomic E-state index is 12.7. The topological polar surface area (TPSA) is 113 Å². The second-order valence-electron chi connectivity index (χ2n) is 13.2. The van der Waals surface area contributed by atoms with Gasteiger partial charge in [-0.25, -0.2) is 4.79 Å². The number of allylic oxidation sites excluding steroid dienone is 2. The van der Waals surface area contributed by atoms with E-state index >= 15 is 0 Å². The van der Waals surface area contributed by atoms with Gasteiger partial charge in [-0.2, -0.15) is 0 Å². The van der Waals surface area contributed by atoms with Crippen molar-refractivity contribution in [2.75, 3.05) is 13.7 Å². The Kier molecular flexibility index (Phi) is 7.47. The smallest absolute Gasteiger partial charge is 0.328 e. The number of carbonyl (C=O) groups excluding carboxylic acids is 2. The molecule has 1 amide bonds. The zero-order valence-corrected chi connectivity index (χ0v) is 24.4. The molecule has 8 heteroatoms. The van der Waals surface area contributed by atoms with Crippen molar-refractivity contribution in [3.63, 3.8) is 0 Å². The molecule has 6 rings (SSSR count). The third-order valence-corrected chi connectivity index (χ3v) is 11.2. The van der Waals surface area contributed by atoms with Gasteiger partial charge < -0.3 is 25.0 Å². The van der Waals surface area contributed by atoms with E-state index in [1.54, 1.807) is 0 Å². The number of amides is 1. The van der Waals surface area contributed by atoms with Gasteiger partial charge in [0.2, 0.25) is 0 Å². The van der Waals surface area contributed by atoms with Crippen molar-refractivity contribution in [1.29, 1.82) is 0 Å². The molecule has 41 heavy (non-hydrogen) atoms. The number of hydrogen-bond donors (Lipinski definition) is 3. The lowest BCUT2D eigenvalue weighted by molar-refractivity contribution is -0.145. The molecule has 0 radical (unpaired) electrons. The summed E-state index contributed by atoms with van der Waals surface area (Å²) in [5.74, 6) is 1.07. The minimum Gasteiger partial charge on any atom is -0.467 e. The van der Waals surface area contributed by atoms with Crippen molar-refractivity contribution >= 4 is 28.5 Å². The Morgan fingerprint density at radius 3 is 2.78 bits per heavy atom. The number of para-hydroxylation sites is 1. The molecule has 0 spiro atoms. The number of methoxy groups -OCH3 is 1. The third-order valence-electron chi connectivity index (χ3n) is 11.2. The number of nitrogens with zero attached hydrogens (tertiary/aromatic N) is 1. The first-order valence-electron chi connectivity index (χ1n) is 15.2. The fraction of sp³-hybridized carbons (Fsp3) is 0.606. The Morgan fingerprint density at radius 2 is 1.95 bits per heavy atom. The number of carbonyl (C=O) groups is 2. The number of aromatic amines is 1. The first kappa shape index (κ1) is 28.0. The molecule has 3 saturated carbocycles. The quantitative estimate of drug-likeness (QED) is 0.323. The Balaban J connectivity index is 1.07. The lowest BCUT2D eigenvalue weighted by Gasteiger charge is -2.57. The molecule has 220 valence electrons. The lowest BCUT2D eigenvalue weighted by atomic mass is 9.47. The number of fused-ring (bicyclic) bond motifs is 6. The van der Waals surface area contributed by atoms with Crippen molar-refractivity contribution in [2.45, 2.75) is 83.8 Å². The van der Waals surface area contributed by atoms with Gasteiger partial charge in [-0.1, -0.05) is 42.8 Å². The Bertz CT molecular complexity index is 1380. The standard InChI is InChI=1S/C33H43N3O5/c1-32-14-12-22(17-21(32)8-9-24-25-10-11-29(37)33(25,2)15-13-26(24)32)36-41-19-30(38)35-28(31(39)40-3)16-20-18-34-27-7-5-4-6-23(20)27/h4-7,17-18,24-26,28-29,34,37H,8-16,19H2,1-3H3,(H,35,38)/b36-22-/t24-,25-,26-,28+,29+,32-,33-/m0/s1. The van der Waals surface area contributed by atoms with Crippen molar-refractivity contribution in [3.05, 3.63) is 47.7 Å². The highest BCUT2D eigenvalue weighted by Crippen LogP contribution is 2.65. The number of aliphatic hydroxyl groups excluding tert-OH is 1. The number of aromatic nitrogens is 1. The van der Waals surface area contributed by atoms with Crippen molar-refractivity contribution in [2.24, 2.45) is 33.7 Å². The van der Waals surface area contributed by atoms with E-state index in [0.29, 0.717) is 24.2 Å². The molecule has 1 heterocycles. The van der Waals surface area contributed by atoms with E-state index in [1.165, 1.54) is 25.5 Å². The predicted octanol–water partition coefficient (Wildman–Crippen LogP) is 5.06. The molecule has 2 aromatic rings. The minimum absolute atomic E-state index is 0.0940. The molecule has 3 N–H and O–H groups in total. The largest absolute Gasteiger partial charge is 0.467 e. The minimum atomic E-state index is -0.825. The molecule has 8 nitrogen and oxygen atoms in total. The van der Waals surface area contributed by atoms with E-state index in [1.807, 2.05) is 30.5 Å². The first-order valence-corrected chi connectivity index (χ1v) is 15.2. The van der Waals surface area contributed by atoms with Gasteiger partial charge in [0, 0.05) is 23.5 Å². The number of H-pyrrole nitrogens is 1. The maximum Gasteiger partial charge on any atom is 0.328 e. The molecular formula is C33H43N3O5. The molecule has 0 aliphatic heterocycles. The first-order chi connectivity index (χ1) is 19.7. The molecule has 0 saturated heterocycles. The van der Waals surface area contributed by atoms with Crippen LogP contribution in [0.4, 0.5) is 0 Å². The third kappa shape index (κ3) is 4.98. The summed E-state index contributed by atoms with van der Waals surface area (Å²) in [6, 6.07) is 7.02. The van der Waals surface area contributed by atoms with Crippen LogP contribution in [0.1, 0.15) is 70.8 Å². The van der Waals surface area contributed by atoms with Crippen LogP contribution >= 0.6 is 0 Å². The van der Waals surface area contributed by atoms with E-state index < -0.39 is 17.9 Å². The van der Waals surface area contributed by atoms with Crippen LogP contribution in [-0.4, -0.2) is 53.5 Å². The van der Waals surface area contributed by atoms with Gasteiger partial charge in [-0.15, -0.1) is 0 Å². The van der Waals surface area contributed by atoms with E-state index in [9.17, 15) is 14.7 Å². The lowest BCUT2D eigenvalue weighted by Crippen LogP contribution is -2.51. The van der Waals surface area contributed by atoms with Crippen LogP contribution in [0, 0.1) is 28.6 Å². The molecule has 0 bridgehead atoms. The molecule has 3 fully saturated rings. The van der Waals surface area contributed by atoms with Gasteiger partial charge >= 0.3 is 5.97 Å². The van der Waals surface area contributed by atoms with Gasteiger partial charge in [0.05, 0.1) is 18.9 Å². The van der Waals surface area contributed by atoms with Crippen LogP contribution in [-0.2, 0) is 25.6 Å². The maximum atomic E-state index is 12.7. The average Bonchev–Trinajstić information content (AvgIpc) is 3.52. The van der Waals surface area contributed by atoms with Gasteiger partial charge in [-0.05, 0) is 97.7 Å². The number of esters is 1. The summed E-state index contributed by atoms with van der Waals surface area (Å²) in [5, 5.41) is 18.8. The second kappa shape index (κ2) is 10.9. The SMILES string of the molecule is COC(=O)[C@@H](Cc1c[nH]c2ccccc12)NC(=O)CO/N=C1\C=C2CC[C@H]3[C@@H]4CC[C@@H](O)[C@@]4(C)CC[C@@H]3[C@@]2(C)CC1. The molecule has 1 aromatic heterocycles. The molecule has 0 unspecified atom stereocenters. The zero-order chi connectivity index (χ0) is 28.8. The summed E-state index contributed by atoms with van der Waals surface area (Å²) in [6.45, 7) is 4.50. The van der Waals surface area contributed by atoms with Crippen LogP contribution in [0.5, 0.6) is 0 Å². The Labute approximate surface area is 241 Å².